The molecule has 0 radical (unpaired) electrons. The predicted molar refractivity (Wildman–Crippen MR) is 71.6 cm³/mol. The topological polar surface area (TPSA) is 91.3 Å². The van der Waals surface area contributed by atoms with Gasteiger partial charge < -0.3 is 10.5 Å². The Morgan fingerprint density at radius 1 is 1.42 bits per heavy atom. The van der Waals surface area contributed by atoms with Gasteiger partial charge in [0.25, 0.3) is 5.88 Å². The quantitative estimate of drug-likeness (QED) is 0.528. The van der Waals surface area contributed by atoms with Crippen LogP contribution in [0.1, 0.15) is 5.56 Å². The standard InChI is InChI=1S/C12H10ClN3O3/c1-7-4-9(14)2-3-11(7)19-12-10(16(17)18)5-8(13)6-15-12/h2-6H,14H2,1H3. The van der Waals surface area contributed by atoms with Gasteiger partial charge in [-0.25, -0.2) is 4.98 Å². The molecule has 0 saturated carbocycles. The van der Waals surface area contributed by atoms with E-state index in [-0.39, 0.29) is 16.6 Å². The summed E-state index contributed by atoms with van der Waals surface area (Å²) in [5.41, 5.74) is 6.68. The monoisotopic (exact) mass is 279 g/mol. The van der Waals surface area contributed by atoms with Crippen LogP contribution in [0.3, 0.4) is 0 Å². The normalized spacial score (nSPS) is 10.2. The molecule has 1 aromatic carbocycles. The Kier molecular flexibility index (Phi) is 3.52. The molecular formula is C12H10ClN3O3. The summed E-state index contributed by atoms with van der Waals surface area (Å²) in [6, 6.07) is 6.17. The van der Waals surface area contributed by atoms with Gasteiger partial charge in [-0.1, -0.05) is 11.6 Å². The van der Waals surface area contributed by atoms with Crippen LogP contribution in [0.5, 0.6) is 11.6 Å². The summed E-state index contributed by atoms with van der Waals surface area (Å²) in [6.07, 6.45) is 1.29. The zero-order valence-electron chi connectivity index (χ0n) is 9.96. The third-order valence-corrected chi connectivity index (χ3v) is 2.61. The second kappa shape index (κ2) is 5.11. The first-order valence-electron chi connectivity index (χ1n) is 5.31. The minimum atomic E-state index is -0.596. The zero-order chi connectivity index (χ0) is 14.0. The van der Waals surface area contributed by atoms with E-state index in [4.69, 9.17) is 22.1 Å². The van der Waals surface area contributed by atoms with Crippen molar-refractivity contribution in [3.8, 4) is 11.6 Å². The summed E-state index contributed by atoms with van der Waals surface area (Å²) < 4.78 is 5.44. The largest absolute Gasteiger partial charge is 0.433 e. The van der Waals surface area contributed by atoms with E-state index in [1.807, 2.05) is 0 Å². The molecule has 7 heteroatoms. The summed E-state index contributed by atoms with van der Waals surface area (Å²) >= 11 is 5.68. The van der Waals surface area contributed by atoms with Crippen LogP contribution in [-0.4, -0.2) is 9.91 Å². The fourth-order valence-corrected chi connectivity index (χ4v) is 1.67. The maximum atomic E-state index is 10.9. The molecule has 0 fully saturated rings. The second-order valence-corrected chi connectivity index (χ2v) is 4.30. The summed E-state index contributed by atoms with van der Waals surface area (Å²) in [5, 5.41) is 11.1. The van der Waals surface area contributed by atoms with Gasteiger partial charge in [0.05, 0.1) is 16.1 Å². The third kappa shape index (κ3) is 2.92. The molecule has 0 bridgehead atoms. The average Bonchev–Trinajstić information content (AvgIpc) is 2.34. The number of rotatable bonds is 3. The first-order valence-corrected chi connectivity index (χ1v) is 5.69. The van der Waals surface area contributed by atoms with Gasteiger partial charge in [0.1, 0.15) is 5.75 Å². The molecular weight excluding hydrogens is 270 g/mol. The molecule has 98 valence electrons. The van der Waals surface area contributed by atoms with Crippen LogP contribution in [0.25, 0.3) is 0 Å². The molecule has 0 aliphatic heterocycles. The van der Waals surface area contributed by atoms with Gasteiger partial charge in [-0.05, 0) is 30.7 Å². The summed E-state index contributed by atoms with van der Waals surface area (Å²) in [4.78, 5) is 14.1. The van der Waals surface area contributed by atoms with Crippen LogP contribution in [0.4, 0.5) is 11.4 Å². The Bertz CT molecular complexity index is 646. The number of aryl methyl sites for hydroxylation is 1. The number of nitrogen functional groups attached to an aromatic ring is 1. The number of hydrogen-bond donors (Lipinski definition) is 1. The first-order chi connectivity index (χ1) is 8.97. The number of benzene rings is 1. The van der Waals surface area contributed by atoms with E-state index < -0.39 is 4.92 Å². The number of ether oxygens (including phenoxy) is 1. The van der Waals surface area contributed by atoms with Crippen molar-refractivity contribution in [3.63, 3.8) is 0 Å². The van der Waals surface area contributed by atoms with E-state index in [9.17, 15) is 10.1 Å². The number of halogens is 1. The van der Waals surface area contributed by atoms with Gasteiger partial charge in [0.15, 0.2) is 0 Å². The lowest BCUT2D eigenvalue weighted by atomic mass is 10.2. The molecule has 1 heterocycles. The fraction of sp³-hybridized carbons (Fsp3) is 0.0833. The molecule has 6 nitrogen and oxygen atoms in total. The van der Waals surface area contributed by atoms with Gasteiger partial charge in [0.2, 0.25) is 0 Å². The van der Waals surface area contributed by atoms with Gasteiger partial charge in [-0.2, -0.15) is 0 Å². The average molecular weight is 280 g/mol. The van der Waals surface area contributed by atoms with Crippen LogP contribution < -0.4 is 10.5 Å². The zero-order valence-corrected chi connectivity index (χ0v) is 10.7. The van der Waals surface area contributed by atoms with Crippen LogP contribution in [0.2, 0.25) is 5.02 Å². The van der Waals surface area contributed by atoms with Gasteiger partial charge in [-0.3, -0.25) is 10.1 Å². The van der Waals surface area contributed by atoms with Crippen molar-refractivity contribution in [2.45, 2.75) is 6.92 Å². The van der Waals surface area contributed by atoms with E-state index in [0.29, 0.717) is 11.4 Å². The SMILES string of the molecule is Cc1cc(N)ccc1Oc1ncc(Cl)cc1[N+](=O)[O-]. The Labute approximate surface area is 113 Å². The van der Waals surface area contributed by atoms with E-state index in [2.05, 4.69) is 4.98 Å². The number of nitro groups is 1. The van der Waals surface area contributed by atoms with Crippen LogP contribution in [-0.2, 0) is 0 Å². The molecule has 2 rings (SSSR count). The molecule has 1 aromatic heterocycles. The number of anilines is 1. The maximum Gasteiger partial charge on any atom is 0.332 e. The summed E-state index contributed by atoms with van der Waals surface area (Å²) in [7, 11) is 0. The lowest BCUT2D eigenvalue weighted by Gasteiger charge is -2.08. The van der Waals surface area contributed by atoms with E-state index in [1.165, 1.54) is 12.3 Å². The van der Waals surface area contributed by atoms with Gasteiger partial charge in [0, 0.05) is 11.8 Å². The highest BCUT2D eigenvalue weighted by atomic mass is 35.5. The Hall–Kier alpha value is -2.34. The molecule has 0 spiro atoms. The lowest BCUT2D eigenvalue weighted by Crippen LogP contribution is -1.97. The van der Waals surface area contributed by atoms with Crippen molar-refractivity contribution >= 4 is 23.0 Å². The van der Waals surface area contributed by atoms with Crippen molar-refractivity contribution in [2.24, 2.45) is 0 Å². The third-order valence-electron chi connectivity index (χ3n) is 2.40. The molecule has 2 aromatic rings. The fourth-order valence-electron chi connectivity index (χ4n) is 1.52. The molecule has 0 aliphatic carbocycles. The highest BCUT2D eigenvalue weighted by molar-refractivity contribution is 6.30. The highest BCUT2D eigenvalue weighted by Crippen LogP contribution is 2.32. The van der Waals surface area contributed by atoms with Crippen LogP contribution in [0, 0.1) is 17.0 Å². The molecule has 0 aliphatic rings. The number of nitrogens with two attached hydrogens (primary N) is 1. The van der Waals surface area contributed by atoms with Gasteiger partial charge >= 0.3 is 5.69 Å². The maximum absolute atomic E-state index is 10.9. The predicted octanol–water partition coefficient (Wildman–Crippen LogP) is 3.33. The van der Waals surface area contributed by atoms with Crippen molar-refractivity contribution in [1.29, 1.82) is 0 Å². The minimum absolute atomic E-state index is 0.109. The van der Waals surface area contributed by atoms with Crippen molar-refractivity contribution in [2.75, 3.05) is 5.73 Å². The Morgan fingerprint density at radius 3 is 2.79 bits per heavy atom. The number of hydrogen-bond acceptors (Lipinski definition) is 5. The molecule has 0 unspecified atom stereocenters. The Morgan fingerprint density at radius 2 is 2.16 bits per heavy atom. The van der Waals surface area contributed by atoms with E-state index >= 15 is 0 Å². The van der Waals surface area contributed by atoms with Crippen molar-refractivity contribution in [3.05, 3.63) is 51.2 Å². The molecule has 0 saturated heterocycles. The molecule has 19 heavy (non-hydrogen) atoms. The van der Waals surface area contributed by atoms with Crippen molar-refractivity contribution in [1.82, 2.24) is 4.98 Å². The van der Waals surface area contributed by atoms with Crippen molar-refractivity contribution < 1.29 is 9.66 Å². The Balaban J connectivity index is 2.40. The van der Waals surface area contributed by atoms with E-state index in [0.717, 1.165) is 5.56 Å². The number of pyridine rings is 1. The molecule has 0 atom stereocenters. The lowest BCUT2D eigenvalue weighted by molar-refractivity contribution is -0.386. The van der Waals surface area contributed by atoms with E-state index in [1.54, 1.807) is 25.1 Å². The first kappa shape index (κ1) is 13.1. The summed E-state index contributed by atoms with van der Waals surface area (Å²) in [6.45, 7) is 1.79. The second-order valence-electron chi connectivity index (χ2n) is 3.86. The highest BCUT2D eigenvalue weighted by Gasteiger charge is 2.19. The number of aromatic nitrogens is 1. The summed E-state index contributed by atoms with van der Waals surface area (Å²) in [5.74, 6) is 0.342. The number of nitrogens with zero attached hydrogens (tertiary/aromatic N) is 2. The van der Waals surface area contributed by atoms with Gasteiger partial charge in [-0.15, -0.1) is 0 Å². The minimum Gasteiger partial charge on any atom is -0.433 e. The van der Waals surface area contributed by atoms with Crippen LogP contribution >= 0.6 is 11.6 Å². The smallest absolute Gasteiger partial charge is 0.332 e. The van der Waals surface area contributed by atoms with Crippen LogP contribution in [0.15, 0.2) is 30.5 Å². The molecule has 2 N–H and O–H groups in total. The molecule has 0 amide bonds.